The first-order valence-corrected chi connectivity index (χ1v) is 6.77. The Hall–Kier alpha value is -1.36. The molecule has 0 radical (unpaired) electrons. The van der Waals surface area contributed by atoms with E-state index in [0.717, 1.165) is 29.4 Å². The number of aromatic nitrogens is 2. The molecule has 0 spiro atoms. The number of rotatable bonds is 5. The molecular formula is C14H26N4O. The van der Waals surface area contributed by atoms with Crippen molar-refractivity contribution < 1.29 is 5.11 Å². The highest BCUT2D eigenvalue weighted by molar-refractivity contribution is 5.57. The standard InChI is InChI=1S/C14H26N4O/c1-7-10(8-19)16-12-9(2)11(15-6)17-13(18-12)14(3,4)5/h10,19H,7-8H2,1-6H3,(H2,15,16,17,18). The lowest BCUT2D eigenvalue weighted by atomic mass is 9.95. The molecule has 3 N–H and O–H groups in total. The zero-order valence-corrected chi connectivity index (χ0v) is 12.8. The van der Waals surface area contributed by atoms with Gasteiger partial charge in [-0.25, -0.2) is 9.97 Å². The van der Waals surface area contributed by atoms with Gasteiger partial charge < -0.3 is 15.7 Å². The maximum Gasteiger partial charge on any atom is 0.138 e. The van der Waals surface area contributed by atoms with Gasteiger partial charge in [-0.05, 0) is 13.3 Å². The minimum Gasteiger partial charge on any atom is -0.394 e. The molecule has 5 heteroatoms. The lowest BCUT2D eigenvalue weighted by Gasteiger charge is -2.23. The fraction of sp³-hybridized carbons (Fsp3) is 0.714. The molecule has 1 aromatic heterocycles. The molecule has 1 atom stereocenters. The van der Waals surface area contributed by atoms with E-state index in [4.69, 9.17) is 0 Å². The van der Waals surface area contributed by atoms with E-state index in [-0.39, 0.29) is 18.1 Å². The van der Waals surface area contributed by atoms with Crippen LogP contribution in [0, 0.1) is 6.92 Å². The van der Waals surface area contributed by atoms with Gasteiger partial charge in [0.15, 0.2) is 0 Å². The van der Waals surface area contributed by atoms with Gasteiger partial charge in [0.2, 0.25) is 0 Å². The van der Waals surface area contributed by atoms with Crippen LogP contribution in [0.2, 0.25) is 0 Å². The number of hydrogen-bond donors (Lipinski definition) is 3. The topological polar surface area (TPSA) is 70.1 Å². The highest BCUT2D eigenvalue weighted by Gasteiger charge is 2.21. The summed E-state index contributed by atoms with van der Waals surface area (Å²) in [5.41, 5.74) is 0.860. The van der Waals surface area contributed by atoms with E-state index < -0.39 is 0 Å². The van der Waals surface area contributed by atoms with Gasteiger partial charge in [-0.15, -0.1) is 0 Å². The van der Waals surface area contributed by atoms with E-state index in [9.17, 15) is 5.11 Å². The molecule has 0 fully saturated rings. The van der Waals surface area contributed by atoms with Gasteiger partial charge in [0.05, 0.1) is 12.6 Å². The Balaban J connectivity index is 3.22. The second kappa shape index (κ2) is 6.19. The molecule has 0 aliphatic heterocycles. The van der Waals surface area contributed by atoms with Crippen molar-refractivity contribution in [3.63, 3.8) is 0 Å². The molecule has 0 saturated carbocycles. The molecule has 0 aromatic carbocycles. The Kier molecular flexibility index (Phi) is 5.11. The van der Waals surface area contributed by atoms with E-state index >= 15 is 0 Å². The Bertz CT molecular complexity index is 422. The number of aliphatic hydroxyl groups is 1. The van der Waals surface area contributed by atoms with Crippen LogP contribution in [0.4, 0.5) is 11.6 Å². The zero-order valence-electron chi connectivity index (χ0n) is 12.8. The SMILES string of the molecule is CCC(CO)Nc1nc(C(C)(C)C)nc(NC)c1C. The number of nitrogens with zero attached hydrogens (tertiary/aromatic N) is 2. The highest BCUT2D eigenvalue weighted by atomic mass is 16.3. The number of hydrogen-bond acceptors (Lipinski definition) is 5. The molecule has 5 nitrogen and oxygen atoms in total. The van der Waals surface area contributed by atoms with Crippen molar-refractivity contribution >= 4 is 11.6 Å². The average molecular weight is 266 g/mol. The van der Waals surface area contributed by atoms with Crippen LogP contribution in [-0.4, -0.2) is 34.8 Å². The third-order valence-corrected chi connectivity index (χ3v) is 3.11. The summed E-state index contributed by atoms with van der Waals surface area (Å²) >= 11 is 0. The van der Waals surface area contributed by atoms with Crippen LogP contribution in [0.5, 0.6) is 0 Å². The summed E-state index contributed by atoms with van der Waals surface area (Å²) in [6.45, 7) is 10.4. The number of nitrogens with one attached hydrogen (secondary N) is 2. The Morgan fingerprint density at radius 3 is 2.21 bits per heavy atom. The average Bonchev–Trinajstić information content (AvgIpc) is 2.36. The lowest BCUT2D eigenvalue weighted by molar-refractivity contribution is 0.271. The first-order chi connectivity index (χ1) is 8.83. The van der Waals surface area contributed by atoms with Crippen LogP contribution >= 0.6 is 0 Å². The summed E-state index contributed by atoms with van der Waals surface area (Å²) in [5, 5.41) is 15.7. The third-order valence-electron chi connectivity index (χ3n) is 3.11. The van der Waals surface area contributed by atoms with Crippen LogP contribution in [0.1, 0.15) is 45.5 Å². The van der Waals surface area contributed by atoms with Gasteiger partial charge in [0, 0.05) is 18.0 Å². The summed E-state index contributed by atoms with van der Waals surface area (Å²) in [5.74, 6) is 2.41. The smallest absolute Gasteiger partial charge is 0.138 e. The molecule has 108 valence electrons. The molecule has 1 aromatic rings. The molecule has 1 unspecified atom stereocenters. The van der Waals surface area contributed by atoms with Crippen LogP contribution < -0.4 is 10.6 Å². The normalized spacial score (nSPS) is 13.2. The minimum absolute atomic E-state index is 0.0196. The Morgan fingerprint density at radius 2 is 1.79 bits per heavy atom. The van der Waals surface area contributed by atoms with Gasteiger partial charge in [-0.2, -0.15) is 0 Å². The molecule has 0 aliphatic rings. The summed E-state index contributed by atoms with van der Waals surface area (Å²) in [6.07, 6.45) is 0.847. The van der Waals surface area contributed by atoms with Crippen LogP contribution in [-0.2, 0) is 5.41 Å². The molecule has 0 amide bonds. The summed E-state index contributed by atoms with van der Waals surface area (Å²) < 4.78 is 0. The maximum atomic E-state index is 9.31. The zero-order chi connectivity index (χ0) is 14.6. The van der Waals surface area contributed by atoms with Gasteiger partial charge in [0.1, 0.15) is 17.5 Å². The molecular weight excluding hydrogens is 240 g/mol. The van der Waals surface area contributed by atoms with Gasteiger partial charge in [-0.3, -0.25) is 0 Å². The van der Waals surface area contributed by atoms with Crippen molar-refractivity contribution in [1.29, 1.82) is 0 Å². The Morgan fingerprint density at radius 1 is 1.21 bits per heavy atom. The third kappa shape index (κ3) is 3.80. The summed E-state index contributed by atoms with van der Waals surface area (Å²) in [4.78, 5) is 9.17. The second-order valence-corrected chi connectivity index (χ2v) is 5.80. The first kappa shape index (κ1) is 15.7. The van der Waals surface area contributed by atoms with Crippen molar-refractivity contribution in [3.8, 4) is 0 Å². The van der Waals surface area contributed by atoms with E-state index in [0.29, 0.717) is 0 Å². The van der Waals surface area contributed by atoms with Crippen molar-refractivity contribution in [3.05, 3.63) is 11.4 Å². The fourth-order valence-corrected chi connectivity index (χ4v) is 1.71. The van der Waals surface area contributed by atoms with Crippen molar-refractivity contribution in [2.75, 3.05) is 24.3 Å². The van der Waals surface area contributed by atoms with E-state index in [1.54, 1.807) is 0 Å². The lowest BCUT2D eigenvalue weighted by Crippen LogP contribution is -2.26. The minimum atomic E-state index is -0.114. The second-order valence-electron chi connectivity index (χ2n) is 5.80. The predicted octanol–water partition coefficient (Wildman–Crippen LogP) is 2.31. The predicted molar refractivity (Wildman–Crippen MR) is 79.8 cm³/mol. The van der Waals surface area contributed by atoms with Crippen molar-refractivity contribution in [2.45, 2.75) is 52.5 Å². The number of anilines is 2. The van der Waals surface area contributed by atoms with E-state index in [2.05, 4.69) is 41.4 Å². The first-order valence-electron chi connectivity index (χ1n) is 6.77. The van der Waals surface area contributed by atoms with Crippen molar-refractivity contribution in [1.82, 2.24) is 9.97 Å². The van der Waals surface area contributed by atoms with E-state index in [1.165, 1.54) is 0 Å². The van der Waals surface area contributed by atoms with Crippen LogP contribution in [0.3, 0.4) is 0 Å². The molecule has 19 heavy (non-hydrogen) atoms. The molecule has 0 bridgehead atoms. The van der Waals surface area contributed by atoms with Gasteiger partial charge in [0.25, 0.3) is 0 Å². The van der Waals surface area contributed by atoms with Gasteiger partial charge in [-0.1, -0.05) is 27.7 Å². The maximum absolute atomic E-state index is 9.31. The Labute approximate surface area is 115 Å². The van der Waals surface area contributed by atoms with Gasteiger partial charge >= 0.3 is 0 Å². The summed E-state index contributed by atoms with van der Waals surface area (Å²) in [6, 6.07) is 0.0196. The molecule has 1 rings (SSSR count). The largest absolute Gasteiger partial charge is 0.394 e. The quantitative estimate of drug-likeness (QED) is 0.763. The number of aliphatic hydroxyl groups excluding tert-OH is 1. The highest BCUT2D eigenvalue weighted by Crippen LogP contribution is 2.26. The van der Waals surface area contributed by atoms with E-state index in [1.807, 2.05) is 20.9 Å². The van der Waals surface area contributed by atoms with Crippen molar-refractivity contribution in [2.24, 2.45) is 0 Å². The summed E-state index contributed by atoms with van der Waals surface area (Å²) in [7, 11) is 1.86. The molecule has 0 aliphatic carbocycles. The van der Waals surface area contributed by atoms with Crippen LogP contribution in [0.25, 0.3) is 0 Å². The fourth-order valence-electron chi connectivity index (χ4n) is 1.71. The molecule has 0 saturated heterocycles. The van der Waals surface area contributed by atoms with Crippen LogP contribution in [0.15, 0.2) is 0 Å². The molecule has 1 heterocycles. The monoisotopic (exact) mass is 266 g/mol.